The normalized spacial score (nSPS) is 10.7. The number of carbonyl (C=O) groups excluding carboxylic acids is 1. The van der Waals surface area contributed by atoms with E-state index in [1.807, 2.05) is 55.5 Å². The number of ketones is 1. The first-order valence-corrected chi connectivity index (χ1v) is 8.66. The predicted molar refractivity (Wildman–Crippen MR) is 104 cm³/mol. The Morgan fingerprint density at radius 1 is 0.852 bits per heavy atom. The summed E-state index contributed by atoms with van der Waals surface area (Å²) in [5, 5.41) is 4.70. The molecule has 0 aliphatic heterocycles. The van der Waals surface area contributed by atoms with Crippen molar-refractivity contribution < 1.29 is 9.18 Å². The zero-order chi connectivity index (χ0) is 18.8. The molecule has 4 aromatic rings. The number of hydrogen-bond donors (Lipinski definition) is 0. The second kappa shape index (κ2) is 7.00. The third kappa shape index (κ3) is 3.17. The molecule has 3 aromatic carbocycles. The lowest BCUT2D eigenvalue weighted by Gasteiger charge is -2.05. The van der Waals surface area contributed by atoms with Crippen LogP contribution in [0.15, 0.2) is 84.9 Å². The molecular formula is C23H17FN2O. The average molecular weight is 356 g/mol. The van der Waals surface area contributed by atoms with Crippen LogP contribution in [-0.2, 0) is 0 Å². The summed E-state index contributed by atoms with van der Waals surface area (Å²) in [5.74, 6) is -0.427. The highest BCUT2D eigenvalue weighted by atomic mass is 19.1. The first kappa shape index (κ1) is 16.9. The number of rotatable bonds is 4. The quantitative estimate of drug-likeness (QED) is 0.470. The molecule has 27 heavy (non-hydrogen) atoms. The van der Waals surface area contributed by atoms with Gasteiger partial charge in [-0.15, -0.1) is 0 Å². The Hall–Kier alpha value is -3.53. The average Bonchev–Trinajstić information content (AvgIpc) is 3.06. The van der Waals surface area contributed by atoms with Gasteiger partial charge in [-0.1, -0.05) is 48.5 Å². The van der Waals surface area contributed by atoms with Gasteiger partial charge in [0, 0.05) is 11.1 Å². The maximum Gasteiger partial charge on any atom is 0.197 e. The Kier molecular flexibility index (Phi) is 4.38. The largest absolute Gasteiger partial charge is 0.288 e. The van der Waals surface area contributed by atoms with Gasteiger partial charge < -0.3 is 0 Å². The predicted octanol–water partition coefficient (Wildman–Crippen LogP) is 5.22. The Morgan fingerprint density at radius 3 is 2.07 bits per heavy atom. The molecule has 0 amide bonds. The summed E-state index contributed by atoms with van der Waals surface area (Å²) >= 11 is 0. The van der Waals surface area contributed by atoms with Crippen molar-refractivity contribution in [2.75, 3.05) is 0 Å². The van der Waals surface area contributed by atoms with E-state index in [2.05, 4.69) is 0 Å². The highest BCUT2D eigenvalue weighted by Gasteiger charge is 2.24. The fraction of sp³-hybridized carbons (Fsp3) is 0.0435. The molecule has 0 N–H and O–H groups in total. The molecule has 0 saturated heterocycles. The molecule has 0 aliphatic rings. The van der Waals surface area contributed by atoms with Crippen LogP contribution in [0.2, 0.25) is 0 Å². The number of para-hydroxylation sites is 1. The number of aromatic nitrogens is 2. The Labute approximate surface area is 156 Å². The van der Waals surface area contributed by atoms with Crippen molar-refractivity contribution in [3.05, 3.63) is 108 Å². The van der Waals surface area contributed by atoms with Gasteiger partial charge in [-0.05, 0) is 43.3 Å². The monoisotopic (exact) mass is 356 g/mol. The summed E-state index contributed by atoms with van der Waals surface area (Å²) in [6.45, 7) is 1.88. The molecule has 4 heteroatoms. The Bertz CT molecular complexity index is 1080. The van der Waals surface area contributed by atoms with Crippen molar-refractivity contribution in [1.82, 2.24) is 9.78 Å². The van der Waals surface area contributed by atoms with E-state index in [9.17, 15) is 9.18 Å². The van der Waals surface area contributed by atoms with E-state index >= 15 is 0 Å². The number of carbonyl (C=O) groups is 1. The molecule has 0 aliphatic carbocycles. The number of halogens is 1. The number of nitrogens with zero attached hydrogens (tertiary/aromatic N) is 2. The minimum Gasteiger partial charge on any atom is -0.288 e. The molecule has 0 unspecified atom stereocenters. The summed E-state index contributed by atoms with van der Waals surface area (Å²) in [6.07, 6.45) is 0. The molecule has 1 aromatic heterocycles. The van der Waals surface area contributed by atoms with Gasteiger partial charge in [-0.25, -0.2) is 9.07 Å². The van der Waals surface area contributed by atoms with Crippen LogP contribution >= 0.6 is 0 Å². The van der Waals surface area contributed by atoms with E-state index in [0.717, 1.165) is 11.4 Å². The topological polar surface area (TPSA) is 34.9 Å². The van der Waals surface area contributed by atoms with Gasteiger partial charge >= 0.3 is 0 Å². The SMILES string of the molecule is Cc1c(C(=O)c2ccccc2)c(-c2ccc(F)cc2)nn1-c1ccccc1. The molecule has 4 rings (SSSR count). The van der Waals surface area contributed by atoms with Crippen molar-refractivity contribution in [3.63, 3.8) is 0 Å². The van der Waals surface area contributed by atoms with Gasteiger partial charge in [0.05, 0.1) is 16.9 Å². The second-order valence-corrected chi connectivity index (χ2v) is 6.26. The van der Waals surface area contributed by atoms with Crippen LogP contribution < -0.4 is 0 Å². The Morgan fingerprint density at radius 2 is 1.44 bits per heavy atom. The number of benzene rings is 3. The molecule has 0 bridgehead atoms. The minimum absolute atomic E-state index is 0.102. The maximum atomic E-state index is 13.4. The van der Waals surface area contributed by atoms with Gasteiger partial charge in [0.15, 0.2) is 5.78 Å². The maximum absolute atomic E-state index is 13.4. The summed E-state index contributed by atoms with van der Waals surface area (Å²) < 4.78 is 15.1. The number of hydrogen-bond acceptors (Lipinski definition) is 2. The second-order valence-electron chi connectivity index (χ2n) is 6.26. The Balaban J connectivity index is 1.94. The molecular weight excluding hydrogens is 339 g/mol. The third-order valence-electron chi connectivity index (χ3n) is 4.50. The van der Waals surface area contributed by atoms with E-state index < -0.39 is 0 Å². The highest BCUT2D eigenvalue weighted by Crippen LogP contribution is 2.29. The van der Waals surface area contributed by atoms with E-state index in [-0.39, 0.29) is 11.6 Å². The summed E-state index contributed by atoms with van der Waals surface area (Å²) in [6, 6.07) is 24.8. The molecule has 0 spiro atoms. The third-order valence-corrected chi connectivity index (χ3v) is 4.50. The summed E-state index contributed by atoms with van der Waals surface area (Å²) in [5.41, 5.74) is 3.98. The first-order chi connectivity index (χ1) is 13.1. The molecule has 0 radical (unpaired) electrons. The van der Waals surface area contributed by atoms with Gasteiger partial charge in [-0.2, -0.15) is 5.10 Å². The van der Waals surface area contributed by atoms with Crippen molar-refractivity contribution >= 4 is 5.78 Å². The molecule has 1 heterocycles. The molecule has 132 valence electrons. The smallest absolute Gasteiger partial charge is 0.197 e. The lowest BCUT2D eigenvalue weighted by molar-refractivity contribution is 0.103. The summed E-state index contributed by atoms with van der Waals surface area (Å²) in [4.78, 5) is 13.2. The van der Waals surface area contributed by atoms with E-state index in [1.165, 1.54) is 12.1 Å². The van der Waals surface area contributed by atoms with Gasteiger partial charge in [-0.3, -0.25) is 4.79 Å². The van der Waals surface area contributed by atoms with Crippen LogP contribution in [-0.4, -0.2) is 15.6 Å². The zero-order valence-corrected chi connectivity index (χ0v) is 14.8. The molecule has 0 atom stereocenters. The van der Waals surface area contributed by atoms with E-state index in [0.29, 0.717) is 22.4 Å². The van der Waals surface area contributed by atoms with Gasteiger partial charge in [0.25, 0.3) is 0 Å². The van der Waals surface area contributed by atoms with Crippen LogP contribution in [0.25, 0.3) is 16.9 Å². The van der Waals surface area contributed by atoms with Crippen molar-refractivity contribution in [2.24, 2.45) is 0 Å². The van der Waals surface area contributed by atoms with Gasteiger partial charge in [0.2, 0.25) is 0 Å². The first-order valence-electron chi connectivity index (χ1n) is 8.66. The van der Waals surface area contributed by atoms with Crippen LogP contribution in [0.1, 0.15) is 21.6 Å². The minimum atomic E-state index is -0.325. The summed E-state index contributed by atoms with van der Waals surface area (Å²) in [7, 11) is 0. The highest BCUT2D eigenvalue weighted by molar-refractivity contribution is 6.13. The molecule has 0 fully saturated rings. The van der Waals surface area contributed by atoms with E-state index in [4.69, 9.17) is 5.10 Å². The zero-order valence-electron chi connectivity index (χ0n) is 14.8. The van der Waals surface area contributed by atoms with E-state index in [1.54, 1.807) is 28.9 Å². The fourth-order valence-electron chi connectivity index (χ4n) is 3.14. The van der Waals surface area contributed by atoms with Crippen LogP contribution in [0.3, 0.4) is 0 Å². The molecule has 0 saturated carbocycles. The molecule has 3 nitrogen and oxygen atoms in total. The van der Waals surface area contributed by atoms with Crippen LogP contribution in [0, 0.1) is 12.7 Å². The standard InChI is InChI=1S/C23H17FN2O/c1-16-21(23(27)18-8-4-2-5-9-18)22(17-12-14-19(24)15-13-17)25-26(16)20-10-6-3-7-11-20/h2-15H,1H3. The fourth-order valence-corrected chi connectivity index (χ4v) is 3.14. The van der Waals surface area contributed by atoms with Crippen LogP contribution in [0.4, 0.5) is 4.39 Å². The van der Waals surface area contributed by atoms with Crippen molar-refractivity contribution in [3.8, 4) is 16.9 Å². The van der Waals surface area contributed by atoms with Crippen molar-refractivity contribution in [1.29, 1.82) is 0 Å². The van der Waals surface area contributed by atoms with Crippen molar-refractivity contribution in [2.45, 2.75) is 6.92 Å². The van der Waals surface area contributed by atoms with Crippen LogP contribution in [0.5, 0.6) is 0 Å². The van der Waals surface area contributed by atoms with Gasteiger partial charge in [0.1, 0.15) is 11.5 Å². The lowest BCUT2D eigenvalue weighted by atomic mass is 9.98. The lowest BCUT2D eigenvalue weighted by Crippen LogP contribution is -2.05.